The van der Waals surface area contributed by atoms with Crippen molar-refractivity contribution in [3.8, 4) is 0 Å². The summed E-state index contributed by atoms with van der Waals surface area (Å²) >= 11 is 4.55. The van der Waals surface area contributed by atoms with Gasteiger partial charge in [0.25, 0.3) is 0 Å². The van der Waals surface area contributed by atoms with Crippen LogP contribution in [0.1, 0.15) is 6.92 Å². The van der Waals surface area contributed by atoms with Gasteiger partial charge in [0.2, 0.25) is 0 Å². The van der Waals surface area contributed by atoms with E-state index in [9.17, 15) is 0 Å². The van der Waals surface area contributed by atoms with Gasteiger partial charge in [0.15, 0.2) is 0 Å². The molecule has 0 saturated heterocycles. The number of allylic oxidation sites excluding steroid dienone is 1. The third-order valence-electron chi connectivity index (χ3n) is 0.390. The molecule has 0 fully saturated rings. The summed E-state index contributed by atoms with van der Waals surface area (Å²) in [5, 5.41) is 0. The zero-order chi connectivity index (χ0) is 5.70. The van der Waals surface area contributed by atoms with Crippen molar-refractivity contribution in [2.24, 2.45) is 0 Å². The van der Waals surface area contributed by atoms with Crippen molar-refractivity contribution in [2.75, 3.05) is 7.11 Å². The third kappa shape index (κ3) is 4.38. The summed E-state index contributed by atoms with van der Waals surface area (Å²) in [7, 11) is 1.63. The normalized spacial score (nSPS) is 12.1. The Morgan fingerprint density at radius 3 is 2.57 bits per heavy atom. The van der Waals surface area contributed by atoms with Gasteiger partial charge in [-0.25, -0.2) is 0 Å². The van der Waals surface area contributed by atoms with E-state index in [0.29, 0.717) is 0 Å². The summed E-state index contributed by atoms with van der Waals surface area (Å²) in [5.41, 5.74) is 0. The predicted molar refractivity (Wildman–Crippen MR) is 37.3 cm³/mol. The first-order chi connectivity index (χ1) is 3.31. The highest BCUT2D eigenvalue weighted by Crippen LogP contribution is 2.20. The summed E-state index contributed by atoms with van der Waals surface area (Å²) in [4.78, 5) is 0. The third-order valence-corrected chi connectivity index (χ3v) is 1.81. The lowest BCUT2D eigenvalue weighted by Crippen LogP contribution is -1.61. The molecule has 1 nitrogen and oxygen atoms in total. The molecule has 0 aliphatic carbocycles. The van der Waals surface area contributed by atoms with Gasteiger partial charge < -0.3 is 4.18 Å². The maximum absolute atomic E-state index is 4.70. The topological polar surface area (TPSA) is 9.23 Å². The second-order valence-electron chi connectivity index (χ2n) is 0.843. The van der Waals surface area contributed by atoms with Gasteiger partial charge in [-0.05, 0) is 22.9 Å². The molecule has 0 spiro atoms. The van der Waals surface area contributed by atoms with Gasteiger partial charge in [0, 0.05) is 12.0 Å². The molecule has 0 atom stereocenters. The minimum atomic E-state index is 1.01. The van der Waals surface area contributed by atoms with E-state index in [2.05, 4.69) is 15.9 Å². The van der Waals surface area contributed by atoms with Gasteiger partial charge in [-0.3, -0.25) is 0 Å². The average Bonchev–Trinajstić information content (AvgIpc) is 1.68. The number of hydrogen-bond donors (Lipinski definition) is 0. The van der Waals surface area contributed by atoms with Crippen molar-refractivity contribution < 1.29 is 4.18 Å². The van der Waals surface area contributed by atoms with Crippen LogP contribution in [0.15, 0.2) is 9.89 Å². The molecule has 0 N–H and O–H groups in total. The Bertz CT molecular complexity index is 72.1. The van der Waals surface area contributed by atoms with Crippen LogP contribution in [0.25, 0.3) is 0 Å². The fraction of sp³-hybridized carbons (Fsp3) is 0.500. The van der Waals surface area contributed by atoms with E-state index in [1.807, 2.05) is 13.0 Å². The van der Waals surface area contributed by atoms with Gasteiger partial charge >= 0.3 is 0 Å². The van der Waals surface area contributed by atoms with Crippen molar-refractivity contribution in [3.63, 3.8) is 0 Å². The molecule has 0 aromatic carbocycles. The average molecular weight is 183 g/mol. The van der Waals surface area contributed by atoms with Crippen LogP contribution in [0.4, 0.5) is 0 Å². The van der Waals surface area contributed by atoms with E-state index in [1.54, 1.807) is 7.11 Å². The first kappa shape index (κ1) is 7.53. The maximum atomic E-state index is 4.70. The smallest absolute Gasteiger partial charge is 0.0739 e. The van der Waals surface area contributed by atoms with E-state index in [-0.39, 0.29) is 0 Å². The quantitative estimate of drug-likeness (QED) is 0.608. The Morgan fingerprint density at radius 1 is 1.86 bits per heavy atom. The van der Waals surface area contributed by atoms with Crippen molar-refractivity contribution in [1.29, 1.82) is 0 Å². The molecule has 3 heteroatoms. The summed E-state index contributed by atoms with van der Waals surface area (Å²) in [6.07, 6.45) is 1.92. The standard InChI is InChI=1S/C4H7BrOS/c1-3-4(5)7-6-2/h3H,1-2H3/b4-3-. The summed E-state index contributed by atoms with van der Waals surface area (Å²) < 4.78 is 5.71. The predicted octanol–water partition coefficient (Wildman–Crippen LogP) is 2.54. The molecule has 0 aliphatic heterocycles. The van der Waals surface area contributed by atoms with Crippen molar-refractivity contribution in [3.05, 3.63) is 9.89 Å². The molecule has 0 amide bonds. The molecule has 0 bridgehead atoms. The van der Waals surface area contributed by atoms with Crippen LogP contribution in [0.3, 0.4) is 0 Å². The summed E-state index contributed by atoms with van der Waals surface area (Å²) in [6, 6.07) is 0. The number of rotatable bonds is 2. The monoisotopic (exact) mass is 182 g/mol. The minimum absolute atomic E-state index is 1.01. The van der Waals surface area contributed by atoms with Gasteiger partial charge in [-0.2, -0.15) is 0 Å². The van der Waals surface area contributed by atoms with Crippen LogP contribution < -0.4 is 0 Å². The molecule has 0 heterocycles. The Hall–Kier alpha value is 0.530. The Morgan fingerprint density at radius 2 is 2.43 bits per heavy atom. The molecule has 0 aromatic heterocycles. The van der Waals surface area contributed by atoms with E-state index in [1.165, 1.54) is 12.0 Å². The van der Waals surface area contributed by atoms with Crippen LogP contribution in [-0.2, 0) is 4.18 Å². The van der Waals surface area contributed by atoms with E-state index in [0.717, 1.165) is 3.81 Å². The second-order valence-corrected chi connectivity index (χ2v) is 3.16. The van der Waals surface area contributed by atoms with Crippen molar-refractivity contribution in [2.45, 2.75) is 6.92 Å². The Kier molecular flexibility index (Phi) is 5.04. The summed E-state index contributed by atoms with van der Waals surface area (Å²) in [5.74, 6) is 0. The lowest BCUT2D eigenvalue weighted by Gasteiger charge is -1.88. The maximum Gasteiger partial charge on any atom is 0.0739 e. The fourth-order valence-corrected chi connectivity index (χ4v) is 0.780. The molecular weight excluding hydrogens is 176 g/mol. The number of hydrogen-bond acceptors (Lipinski definition) is 2. The molecule has 7 heavy (non-hydrogen) atoms. The van der Waals surface area contributed by atoms with Gasteiger partial charge in [0.05, 0.1) is 10.9 Å². The molecule has 0 unspecified atom stereocenters. The van der Waals surface area contributed by atoms with E-state index >= 15 is 0 Å². The van der Waals surface area contributed by atoms with Gasteiger partial charge in [-0.1, -0.05) is 6.08 Å². The van der Waals surface area contributed by atoms with Gasteiger partial charge in [0.1, 0.15) is 0 Å². The highest BCUT2D eigenvalue weighted by atomic mass is 79.9. The first-order valence-electron chi connectivity index (χ1n) is 1.83. The molecule has 0 aliphatic rings. The highest BCUT2D eigenvalue weighted by Gasteiger charge is 1.84. The molecule has 42 valence electrons. The zero-order valence-electron chi connectivity index (χ0n) is 4.27. The van der Waals surface area contributed by atoms with Crippen molar-refractivity contribution >= 4 is 28.0 Å². The molecule has 0 saturated carbocycles. The first-order valence-corrected chi connectivity index (χ1v) is 3.37. The minimum Gasteiger partial charge on any atom is -0.313 e. The van der Waals surface area contributed by atoms with E-state index in [4.69, 9.17) is 4.18 Å². The Balaban J connectivity index is 3.17. The molecule has 0 rings (SSSR count). The second kappa shape index (κ2) is 4.68. The lowest BCUT2D eigenvalue weighted by atomic mass is 10.8. The Labute approximate surface area is 56.5 Å². The van der Waals surface area contributed by atoms with Crippen LogP contribution in [0.2, 0.25) is 0 Å². The SMILES string of the molecule is C/C=C(/Br)SOC. The molecule has 0 aromatic rings. The largest absolute Gasteiger partial charge is 0.313 e. The van der Waals surface area contributed by atoms with Crippen LogP contribution in [0, 0.1) is 0 Å². The van der Waals surface area contributed by atoms with Crippen LogP contribution >= 0.6 is 28.0 Å². The van der Waals surface area contributed by atoms with Crippen LogP contribution in [-0.4, -0.2) is 7.11 Å². The van der Waals surface area contributed by atoms with Gasteiger partial charge in [-0.15, -0.1) is 0 Å². The fourth-order valence-electron chi connectivity index (χ4n) is 0.128. The van der Waals surface area contributed by atoms with Crippen LogP contribution in [0.5, 0.6) is 0 Å². The molecular formula is C4H7BrOS. The summed E-state index contributed by atoms with van der Waals surface area (Å²) in [6.45, 7) is 1.94. The van der Waals surface area contributed by atoms with E-state index < -0.39 is 0 Å². The van der Waals surface area contributed by atoms with Crippen molar-refractivity contribution in [1.82, 2.24) is 0 Å². The molecule has 0 radical (unpaired) electrons. The number of halogens is 1. The highest BCUT2D eigenvalue weighted by molar-refractivity contribution is 9.13. The zero-order valence-corrected chi connectivity index (χ0v) is 6.67. The lowest BCUT2D eigenvalue weighted by molar-refractivity contribution is 0.494.